The van der Waals surface area contributed by atoms with Crippen molar-refractivity contribution in [3.05, 3.63) is 47.9 Å². The van der Waals surface area contributed by atoms with Gasteiger partial charge in [-0.25, -0.2) is 9.97 Å². The SMILES string of the molecule is COc1ccc(Nc2nc(Cl)nc3ccccc23)cn1. The van der Waals surface area contributed by atoms with Gasteiger partial charge in [-0.1, -0.05) is 12.1 Å². The Morgan fingerprint density at radius 1 is 1.10 bits per heavy atom. The fraction of sp³-hybridized carbons (Fsp3) is 0.0714. The highest BCUT2D eigenvalue weighted by Gasteiger charge is 2.06. The Kier molecular flexibility index (Phi) is 3.35. The van der Waals surface area contributed by atoms with Crippen molar-refractivity contribution in [1.82, 2.24) is 15.0 Å². The minimum absolute atomic E-state index is 0.202. The number of nitrogens with one attached hydrogen (secondary N) is 1. The molecule has 0 unspecified atom stereocenters. The Labute approximate surface area is 120 Å². The maximum Gasteiger partial charge on any atom is 0.224 e. The number of halogens is 1. The van der Waals surface area contributed by atoms with Crippen LogP contribution < -0.4 is 10.1 Å². The number of anilines is 2. The van der Waals surface area contributed by atoms with Crippen LogP contribution in [-0.2, 0) is 0 Å². The topological polar surface area (TPSA) is 59.9 Å². The lowest BCUT2D eigenvalue weighted by molar-refractivity contribution is 0.398. The summed E-state index contributed by atoms with van der Waals surface area (Å²) in [6.07, 6.45) is 1.67. The van der Waals surface area contributed by atoms with E-state index in [1.807, 2.05) is 30.3 Å². The number of ether oxygens (including phenoxy) is 1. The van der Waals surface area contributed by atoms with Gasteiger partial charge in [0.15, 0.2) is 0 Å². The molecule has 100 valence electrons. The third-order valence-electron chi connectivity index (χ3n) is 2.78. The Hall–Kier alpha value is -2.40. The summed E-state index contributed by atoms with van der Waals surface area (Å²) in [6, 6.07) is 11.3. The molecule has 0 spiro atoms. The molecule has 0 atom stereocenters. The number of hydrogen-bond acceptors (Lipinski definition) is 5. The van der Waals surface area contributed by atoms with E-state index in [9.17, 15) is 0 Å². The van der Waals surface area contributed by atoms with Gasteiger partial charge >= 0.3 is 0 Å². The maximum atomic E-state index is 5.94. The van der Waals surface area contributed by atoms with Gasteiger partial charge in [-0.3, -0.25) is 0 Å². The predicted molar refractivity (Wildman–Crippen MR) is 78.6 cm³/mol. The summed E-state index contributed by atoms with van der Waals surface area (Å²) in [4.78, 5) is 12.5. The van der Waals surface area contributed by atoms with Crippen LogP contribution in [0.15, 0.2) is 42.6 Å². The number of pyridine rings is 1. The van der Waals surface area contributed by atoms with E-state index in [-0.39, 0.29) is 5.28 Å². The molecule has 0 amide bonds. The van der Waals surface area contributed by atoms with Crippen molar-refractivity contribution in [1.29, 1.82) is 0 Å². The van der Waals surface area contributed by atoms with Crippen LogP contribution in [0.5, 0.6) is 5.88 Å². The fourth-order valence-corrected chi connectivity index (χ4v) is 2.03. The summed E-state index contributed by atoms with van der Waals surface area (Å²) < 4.78 is 5.02. The van der Waals surface area contributed by atoms with Gasteiger partial charge in [0.2, 0.25) is 11.2 Å². The van der Waals surface area contributed by atoms with E-state index in [0.717, 1.165) is 16.6 Å². The molecule has 0 fully saturated rings. The van der Waals surface area contributed by atoms with Crippen molar-refractivity contribution in [3.63, 3.8) is 0 Å². The number of rotatable bonds is 3. The Morgan fingerprint density at radius 2 is 1.95 bits per heavy atom. The molecule has 2 aromatic heterocycles. The van der Waals surface area contributed by atoms with Crippen molar-refractivity contribution in [2.45, 2.75) is 0 Å². The lowest BCUT2D eigenvalue weighted by Crippen LogP contribution is -1.98. The molecule has 2 heterocycles. The molecule has 0 saturated carbocycles. The minimum Gasteiger partial charge on any atom is -0.481 e. The first-order valence-corrected chi connectivity index (χ1v) is 6.33. The molecule has 3 rings (SSSR count). The number of fused-ring (bicyclic) bond motifs is 1. The molecule has 3 aromatic rings. The van der Waals surface area contributed by atoms with E-state index in [4.69, 9.17) is 16.3 Å². The van der Waals surface area contributed by atoms with E-state index >= 15 is 0 Å². The van der Waals surface area contributed by atoms with Crippen molar-refractivity contribution in [2.24, 2.45) is 0 Å². The first kappa shape index (κ1) is 12.6. The molecule has 1 N–H and O–H groups in total. The fourth-order valence-electron chi connectivity index (χ4n) is 1.86. The summed E-state index contributed by atoms with van der Waals surface area (Å²) in [6.45, 7) is 0. The lowest BCUT2D eigenvalue weighted by atomic mass is 10.2. The van der Waals surface area contributed by atoms with Gasteiger partial charge in [-0.15, -0.1) is 0 Å². The number of methoxy groups -OCH3 is 1. The average Bonchev–Trinajstić information content (AvgIpc) is 2.48. The zero-order valence-electron chi connectivity index (χ0n) is 10.7. The van der Waals surface area contributed by atoms with Crippen LogP contribution in [-0.4, -0.2) is 22.1 Å². The standard InChI is InChI=1S/C14H11ClN4O/c1-20-12-7-6-9(8-16-12)17-13-10-4-2-3-5-11(10)18-14(15)19-13/h2-8H,1H3,(H,17,18,19). The second-order valence-electron chi connectivity index (χ2n) is 4.07. The lowest BCUT2D eigenvalue weighted by Gasteiger charge is -2.09. The molecular formula is C14H11ClN4O. The van der Waals surface area contributed by atoms with E-state index < -0.39 is 0 Å². The Morgan fingerprint density at radius 3 is 2.70 bits per heavy atom. The summed E-state index contributed by atoms with van der Waals surface area (Å²) in [5.41, 5.74) is 1.59. The second-order valence-corrected chi connectivity index (χ2v) is 4.41. The van der Waals surface area contributed by atoms with Crippen LogP contribution in [0.2, 0.25) is 5.28 Å². The summed E-state index contributed by atoms with van der Waals surface area (Å²) in [5.74, 6) is 1.20. The van der Waals surface area contributed by atoms with E-state index in [1.54, 1.807) is 19.4 Å². The molecule has 1 aromatic carbocycles. The van der Waals surface area contributed by atoms with Crippen molar-refractivity contribution < 1.29 is 4.74 Å². The van der Waals surface area contributed by atoms with E-state index in [2.05, 4.69) is 20.3 Å². The third kappa shape index (κ3) is 2.48. The maximum absolute atomic E-state index is 5.94. The highest BCUT2D eigenvalue weighted by atomic mass is 35.5. The second kappa shape index (κ2) is 5.30. The highest BCUT2D eigenvalue weighted by molar-refractivity contribution is 6.28. The van der Waals surface area contributed by atoms with Crippen molar-refractivity contribution >= 4 is 34.0 Å². The first-order valence-electron chi connectivity index (χ1n) is 5.95. The Bertz CT molecular complexity index is 746. The first-order chi connectivity index (χ1) is 9.76. The van der Waals surface area contributed by atoms with Gasteiger partial charge in [-0.05, 0) is 29.8 Å². The number of nitrogens with zero attached hydrogens (tertiary/aromatic N) is 3. The van der Waals surface area contributed by atoms with Crippen LogP contribution in [0.25, 0.3) is 10.9 Å². The molecule has 0 radical (unpaired) electrons. The normalized spacial score (nSPS) is 10.5. The zero-order chi connectivity index (χ0) is 13.9. The van der Waals surface area contributed by atoms with Gasteiger partial charge in [0.1, 0.15) is 5.82 Å². The van der Waals surface area contributed by atoms with Crippen LogP contribution in [0.4, 0.5) is 11.5 Å². The van der Waals surface area contributed by atoms with Crippen LogP contribution in [0.3, 0.4) is 0 Å². The van der Waals surface area contributed by atoms with Gasteiger partial charge in [0.05, 0.1) is 24.5 Å². The number of para-hydroxylation sites is 1. The molecule has 0 bridgehead atoms. The van der Waals surface area contributed by atoms with Crippen molar-refractivity contribution in [3.8, 4) is 5.88 Å². The quantitative estimate of drug-likeness (QED) is 0.748. The average molecular weight is 287 g/mol. The monoisotopic (exact) mass is 286 g/mol. The highest BCUT2D eigenvalue weighted by Crippen LogP contribution is 2.25. The molecule has 0 saturated heterocycles. The zero-order valence-corrected chi connectivity index (χ0v) is 11.4. The predicted octanol–water partition coefficient (Wildman–Crippen LogP) is 3.43. The molecule has 0 aliphatic carbocycles. The number of aromatic nitrogens is 3. The van der Waals surface area contributed by atoms with Gasteiger partial charge < -0.3 is 10.1 Å². The smallest absolute Gasteiger partial charge is 0.224 e. The van der Waals surface area contributed by atoms with Gasteiger partial charge in [0, 0.05) is 11.5 Å². The minimum atomic E-state index is 0.202. The summed E-state index contributed by atoms with van der Waals surface area (Å²) in [5, 5.41) is 4.28. The molecule has 0 aliphatic rings. The molecule has 6 heteroatoms. The molecular weight excluding hydrogens is 276 g/mol. The van der Waals surface area contributed by atoms with Crippen LogP contribution in [0.1, 0.15) is 0 Å². The number of hydrogen-bond donors (Lipinski definition) is 1. The van der Waals surface area contributed by atoms with E-state index in [1.165, 1.54) is 0 Å². The molecule has 0 aliphatic heterocycles. The third-order valence-corrected chi connectivity index (χ3v) is 2.95. The van der Waals surface area contributed by atoms with Crippen LogP contribution >= 0.6 is 11.6 Å². The largest absolute Gasteiger partial charge is 0.481 e. The number of benzene rings is 1. The summed E-state index contributed by atoms with van der Waals surface area (Å²) >= 11 is 5.94. The summed E-state index contributed by atoms with van der Waals surface area (Å²) in [7, 11) is 1.58. The van der Waals surface area contributed by atoms with Crippen molar-refractivity contribution in [2.75, 3.05) is 12.4 Å². The van der Waals surface area contributed by atoms with Gasteiger partial charge in [0.25, 0.3) is 0 Å². The van der Waals surface area contributed by atoms with Gasteiger partial charge in [-0.2, -0.15) is 4.98 Å². The Balaban J connectivity index is 2.01. The van der Waals surface area contributed by atoms with E-state index in [0.29, 0.717) is 11.7 Å². The molecule has 20 heavy (non-hydrogen) atoms. The van der Waals surface area contributed by atoms with Crippen LogP contribution in [0, 0.1) is 0 Å². The molecule has 5 nitrogen and oxygen atoms in total.